The van der Waals surface area contributed by atoms with E-state index in [-0.39, 0.29) is 18.1 Å². The molecule has 0 saturated heterocycles. The van der Waals surface area contributed by atoms with E-state index in [2.05, 4.69) is 16.0 Å². The first-order valence-electron chi connectivity index (χ1n) is 9.59. The van der Waals surface area contributed by atoms with Gasteiger partial charge in [0, 0.05) is 6.42 Å². The molecule has 1 aromatic carbocycles. The summed E-state index contributed by atoms with van der Waals surface area (Å²) in [4.78, 5) is 48.0. The molecule has 4 atom stereocenters. The number of carboxylic acid groups (broad SMARTS) is 1. The molecule has 0 saturated carbocycles. The van der Waals surface area contributed by atoms with Crippen LogP contribution in [0.3, 0.4) is 0 Å². The van der Waals surface area contributed by atoms with Gasteiger partial charge in [0.25, 0.3) is 0 Å². The highest BCUT2D eigenvalue weighted by Gasteiger charge is 2.27. The first kappa shape index (κ1) is 24.9. The smallest absolute Gasteiger partial charge is 0.326 e. The fourth-order valence-electron chi connectivity index (χ4n) is 2.45. The average molecular weight is 422 g/mol. The van der Waals surface area contributed by atoms with E-state index in [0.717, 1.165) is 0 Å². The van der Waals surface area contributed by atoms with Gasteiger partial charge in [0.15, 0.2) is 0 Å². The van der Waals surface area contributed by atoms with E-state index in [1.54, 1.807) is 26.0 Å². The summed E-state index contributed by atoms with van der Waals surface area (Å²) in [7, 11) is 0. The third kappa shape index (κ3) is 7.70. The van der Waals surface area contributed by atoms with E-state index in [1.165, 1.54) is 26.0 Å². The summed E-state index contributed by atoms with van der Waals surface area (Å²) in [5, 5.41) is 26.0. The highest BCUT2D eigenvalue weighted by Crippen LogP contribution is 2.11. The number of carboxylic acids is 1. The summed E-state index contributed by atoms with van der Waals surface area (Å²) in [5.41, 5.74) is 6.34. The minimum Gasteiger partial charge on any atom is -0.508 e. The second kappa shape index (κ2) is 11.1. The van der Waals surface area contributed by atoms with Gasteiger partial charge in [-0.2, -0.15) is 0 Å². The summed E-state index contributed by atoms with van der Waals surface area (Å²) in [5.74, 6) is -3.07. The van der Waals surface area contributed by atoms with Gasteiger partial charge in [0.05, 0.1) is 6.04 Å². The van der Waals surface area contributed by atoms with Gasteiger partial charge in [-0.15, -0.1) is 0 Å². The Kier molecular flexibility index (Phi) is 9.25. The van der Waals surface area contributed by atoms with Crippen LogP contribution in [0.1, 0.15) is 33.3 Å². The third-order valence-corrected chi connectivity index (χ3v) is 4.52. The minimum atomic E-state index is -1.24. The largest absolute Gasteiger partial charge is 0.508 e. The third-order valence-electron chi connectivity index (χ3n) is 4.52. The lowest BCUT2D eigenvalue weighted by atomic mass is 10.0. The molecule has 10 heteroatoms. The van der Waals surface area contributed by atoms with Crippen LogP contribution in [-0.4, -0.2) is 58.1 Å². The van der Waals surface area contributed by atoms with Crippen LogP contribution in [0.15, 0.2) is 24.3 Å². The molecule has 0 heterocycles. The maximum atomic E-state index is 12.3. The summed E-state index contributed by atoms with van der Waals surface area (Å²) in [6.45, 7) is 6.41. The highest BCUT2D eigenvalue weighted by atomic mass is 16.4. The molecule has 0 aliphatic rings. The zero-order valence-corrected chi connectivity index (χ0v) is 17.5. The van der Waals surface area contributed by atoms with Gasteiger partial charge in [0.2, 0.25) is 17.7 Å². The zero-order valence-electron chi connectivity index (χ0n) is 17.5. The zero-order chi connectivity index (χ0) is 23.0. The van der Waals surface area contributed by atoms with Crippen molar-refractivity contribution in [1.82, 2.24) is 16.0 Å². The van der Waals surface area contributed by atoms with Gasteiger partial charge in [-0.1, -0.05) is 26.0 Å². The summed E-state index contributed by atoms with van der Waals surface area (Å²) in [6.07, 6.45) is 0.00156. The maximum absolute atomic E-state index is 12.3. The van der Waals surface area contributed by atoms with E-state index in [0.29, 0.717) is 5.56 Å². The lowest BCUT2D eigenvalue weighted by Gasteiger charge is -2.22. The topological polar surface area (TPSA) is 171 Å². The number of amides is 3. The lowest BCUT2D eigenvalue weighted by molar-refractivity contribution is -0.142. The molecule has 0 aromatic heterocycles. The molecule has 0 bridgehead atoms. The van der Waals surface area contributed by atoms with Crippen molar-refractivity contribution in [2.24, 2.45) is 11.7 Å². The number of carbonyl (C=O) groups excluding carboxylic acids is 3. The Morgan fingerprint density at radius 2 is 1.33 bits per heavy atom. The first-order chi connectivity index (χ1) is 13.9. The number of phenols is 1. The Morgan fingerprint density at radius 1 is 0.867 bits per heavy atom. The SMILES string of the molecule is CC(C)[C@H](N)C(=O)N[C@@H](C)C(=O)N[C@@H](C)C(=O)N[C@@H](Cc1ccc(O)cc1)C(=O)O. The fourth-order valence-corrected chi connectivity index (χ4v) is 2.45. The number of phenolic OH excluding ortho intramolecular Hbond substituents is 1. The quantitative estimate of drug-likeness (QED) is 0.295. The number of benzene rings is 1. The van der Waals surface area contributed by atoms with Crippen LogP contribution in [0.5, 0.6) is 5.75 Å². The Bertz CT molecular complexity index is 765. The molecular weight excluding hydrogens is 392 g/mol. The molecule has 166 valence electrons. The van der Waals surface area contributed by atoms with Crippen molar-refractivity contribution in [2.75, 3.05) is 0 Å². The second-order valence-electron chi connectivity index (χ2n) is 7.50. The minimum absolute atomic E-state index is 0.00156. The van der Waals surface area contributed by atoms with Gasteiger partial charge in [-0.3, -0.25) is 14.4 Å². The van der Waals surface area contributed by atoms with Crippen molar-refractivity contribution < 1.29 is 29.4 Å². The number of nitrogens with two attached hydrogens (primary N) is 1. The van der Waals surface area contributed by atoms with Crippen molar-refractivity contribution >= 4 is 23.7 Å². The number of nitrogens with one attached hydrogen (secondary N) is 3. The summed E-state index contributed by atoms with van der Waals surface area (Å²) < 4.78 is 0. The molecule has 0 aliphatic heterocycles. The number of aromatic hydroxyl groups is 1. The predicted molar refractivity (Wildman–Crippen MR) is 109 cm³/mol. The van der Waals surface area contributed by atoms with E-state index in [9.17, 15) is 29.4 Å². The number of hydrogen-bond acceptors (Lipinski definition) is 6. The number of hydrogen-bond donors (Lipinski definition) is 6. The van der Waals surface area contributed by atoms with Crippen molar-refractivity contribution in [3.05, 3.63) is 29.8 Å². The first-order valence-corrected chi connectivity index (χ1v) is 9.59. The monoisotopic (exact) mass is 422 g/mol. The average Bonchev–Trinajstić information content (AvgIpc) is 2.67. The fraction of sp³-hybridized carbons (Fsp3) is 0.500. The van der Waals surface area contributed by atoms with E-state index < -0.39 is 47.9 Å². The lowest BCUT2D eigenvalue weighted by Crippen LogP contribution is -2.56. The molecule has 0 radical (unpaired) electrons. The molecule has 0 spiro atoms. The van der Waals surface area contributed by atoms with Crippen LogP contribution in [0, 0.1) is 5.92 Å². The molecule has 1 aromatic rings. The predicted octanol–water partition coefficient (Wildman–Crippen LogP) is -0.503. The van der Waals surface area contributed by atoms with Crippen LogP contribution >= 0.6 is 0 Å². The number of aliphatic carboxylic acids is 1. The Morgan fingerprint density at radius 3 is 1.80 bits per heavy atom. The molecule has 1 rings (SSSR count). The van der Waals surface area contributed by atoms with Crippen molar-refractivity contribution in [3.63, 3.8) is 0 Å². The summed E-state index contributed by atoms with van der Waals surface area (Å²) >= 11 is 0. The van der Waals surface area contributed by atoms with E-state index >= 15 is 0 Å². The molecule has 0 fully saturated rings. The van der Waals surface area contributed by atoms with E-state index in [1.807, 2.05) is 0 Å². The summed E-state index contributed by atoms with van der Waals surface area (Å²) in [6, 6.07) is 1.99. The van der Waals surface area contributed by atoms with Crippen LogP contribution in [0.2, 0.25) is 0 Å². The maximum Gasteiger partial charge on any atom is 0.326 e. The van der Waals surface area contributed by atoms with Crippen LogP contribution in [0.25, 0.3) is 0 Å². The molecule has 3 amide bonds. The van der Waals surface area contributed by atoms with Gasteiger partial charge in [-0.25, -0.2) is 4.79 Å². The van der Waals surface area contributed by atoms with Crippen molar-refractivity contribution in [2.45, 2.75) is 58.3 Å². The molecule has 30 heavy (non-hydrogen) atoms. The molecular formula is C20H30N4O6. The Labute approximate surface area is 175 Å². The molecule has 0 unspecified atom stereocenters. The van der Waals surface area contributed by atoms with Gasteiger partial charge >= 0.3 is 5.97 Å². The molecule has 0 aliphatic carbocycles. The number of carbonyl (C=O) groups is 4. The van der Waals surface area contributed by atoms with Gasteiger partial charge < -0.3 is 31.9 Å². The van der Waals surface area contributed by atoms with Crippen molar-refractivity contribution in [1.29, 1.82) is 0 Å². The standard InChI is InChI=1S/C20H30N4O6/c1-10(2)16(21)19(28)23-11(3)17(26)22-12(4)18(27)24-15(20(29)30)9-13-5-7-14(25)8-6-13/h5-8,10-12,15-16,25H,9,21H2,1-4H3,(H,22,26)(H,23,28)(H,24,27)(H,29,30)/t11-,12-,15-,16-/m0/s1. The van der Waals surface area contributed by atoms with Crippen LogP contribution in [-0.2, 0) is 25.6 Å². The number of rotatable bonds is 10. The van der Waals surface area contributed by atoms with Crippen molar-refractivity contribution in [3.8, 4) is 5.75 Å². The van der Waals surface area contributed by atoms with Crippen LogP contribution in [0.4, 0.5) is 0 Å². The highest BCUT2D eigenvalue weighted by molar-refractivity contribution is 5.93. The second-order valence-corrected chi connectivity index (χ2v) is 7.50. The van der Waals surface area contributed by atoms with Gasteiger partial charge in [0.1, 0.15) is 23.9 Å². The Balaban J connectivity index is 2.64. The van der Waals surface area contributed by atoms with Crippen LogP contribution < -0.4 is 21.7 Å². The normalized spacial score (nSPS) is 14.9. The molecule has 10 nitrogen and oxygen atoms in total. The van der Waals surface area contributed by atoms with Gasteiger partial charge in [-0.05, 0) is 37.5 Å². The van der Waals surface area contributed by atoms with E-state index in [4.69, 9.17) is 5.73 Å². The Hall–Kier alpha value is -3.14. The molecule has 7 N–H and O–H groups in total.